The van der Waals surface area contributed by atoms with Crippen LogP contribution in [-0.4, -0.2) is 16.1 Å². The predicted octanol–water partition coefficient (Wildman–Crippen LogP) is 4.06. The van der Waals surface area contributed by atoms with E-state index in [-0.39, 0.29) is 17.3 Å². The van der Waals surface area contributed by atoms with Crippen LogP contribution >= 0.6 is 15.9 Å². The number of furan rings is 1. The topological polar surface area (TPSA) is 76.5 Å². The van der Waals surface area contributed by atoms with E-state index in [4.69, 9.17) is 8.83 Å². The van der Waals surface area contributed by atoms with Gasteiger partial charge in [0.1, 0.15) is 0 Å². The molecule has 0 saturated heterocycles. The van der Waals surface area contributed by atoms with Crippen LogP contribution in [0.4, 0.5) is 0 Å². The van der Waals surface area contributed by atoms with Gasteiger partial charge in [-0.2, -0.15) is 0 Å². The Morgan fingerprint density at radius 3 is 2.45 bits per heavy atom. The molecule has 0 aliphatic carbocycles. The Morgan fingerprint density at radius 2 is 1.85 bits per heavy atom. The van der Waals surface area contributed by atoms with Crippen molar-refractivity contribution < 1.29 is 18.7 Å². The van der Waals surface area contributed by atoms with E-state index in [2.05, 4.69) is 20.9 Å². The summed E-state index contributed by atoms with van der Waals surface area (Å²) >= 11 is 3.17. The Labute approximate surface area is 122 Å². The number of rotatable bonds is 3. The standard InChI is InChI=1S/C14H8BrNO4/c15-10-7-6-9(19-10)12-11(14(17)18)16-13(20-12)8-4-2-1-3-5-8/h1-7H,(H,17,18). The van der Waals surface area contributed by atoms with Gasteiger partial charge in [0, 0.05) is 5.56 Å². The first-order valence-corrected chi connectivity index (χ1v) is 6.49. The summed E-state index contributed by atoms with van der Waals surface area (Å²) < 4.78 is 11.4. The first kappa shape index (κ1) is 12.7. The molecule has 0 aliphatic rings. The lowest BCUT2D eigenvalue weighted by Crippen LogP contribution is -1.98. The van der Waals surface area contributed by atoms with E-state index in [0.29, 0.717) is 16.0 Å². The minimum Gasteiger partial charge on any atom is -0.476 e. The van der Waals surface area contributed by atoms with Crippen molar-refractivity contribution in [1.29, 1.82) is 0 Å². The average molecular weight is 334 g/mol. The summed E-state index contributed by atoms with van der Waals surface area (Å²) in [5, 5.41) is 9.22. The third-order valence-electron chi connectivity index (χ3n) is 2.65. The Bertz CT molecular complexity index is 761. The number of aromatic carboxylic acids is 1. The van der Waals surface area contributed by atoms with Crippen molar-refractivity contribution >= 4 is 21.9 Å². The summed E-state index contributed by atoms with van der Waals surface area (Å²) in [4.78, 5) is 15.3. The number of benzene rings is 1. The van der Waals surface area contributed by atoms with Gasteiger partial charge in [-0.05, 0) is 40.2 Å². The van der Waals surface area contributed by atoms with E-state index in [1.165, 1.54) is 0 Å². The minimum atomic E-state index is -1.17. The summed E-state index contributed by atoms with van der Waals surface area (Å²) in [5.74, 6) is -0.519. The zero-order valence-corrected chi connectivity index (χ0v) is 11.6. The monoisotopic (exact) mass is 333 g/mol. The molecular formula is C14H8BrNO4. The zero-order chi connectivity index (χ0) is 14.1. The molecule has 2 aromatic heterocycles. The van der Waals surface area contributed by atoms with Gasteiger partial charge in [-0.25, -0.2) is 9.78 Å². The second-order valence-electron chi connectivity index (χ2n) is 3.97. The molecule has 0 bridgehead atoms. The molecular weight excluding hydrogens is 326 g/mol. The van der Waals surface area contributed by atoms with E-state index >= 15 is 0 Å². The first-order valence-electron chi connectivity index (χ1n) is 5.70. The Hall–Kier alpha value is -2.34. The van der Waals surface area contributed by atoms with Gasteiger partial charge in [-0.1, -0.05) is 18.2 Å². The molecule has 0 fully saturated rings. The van der Waals surface area contributed by atoms with Crippen molar-refractivity contribution in [2.45, 2.75) is 0 Å². The number of hydrogen-bond acceptors (Lipinski definition) is 4. The number of halogens is 1. The van der Waals surface area contributed by atoms with Crippen LogP contribution in [0.1, 0.15) is 10.5 Å². The van der Waals surface area contributed by atoms with Crippen molar-refractivity contribution in [2.24, 2.45) is 0 Å². The number of oxazole rings is 1. The maximum Gasteiger partial charge on any atom is 0.358 e. The van der Waals surface area contributed by atoms with E-state index in [1.807, 2.05) is 18.2 Å². The Balaban J connectivity index is 2.15. The van der Waals surface area contributed by atoms with Gasteiger partial charge in [-0.15, -0.1) is 0 Å². The fourth-order valence-corrected chi connectivity index (χ4v) is 2.08. The van der Waals surface area contributed by atoms with Crippen molar-refractivity contribution in [3.8, 4) is 23.0 Å². The molecule has 2 heterocycles. The largest absolute Gasteiger partial charge is 0.476 e. The molecule has 20 heavy (non-hydrogen) atoms. The fourth-order valence-electron chi connectivity index (χ4n) is 1.77. The number of aromatic nitrogens is 1. The van der Waals surface area contributed by atoms with Crippen LogP contribution in [0.25, 0.3) is 23.0 Å². The summed E-state index contributed by atoms with van der Waals surface area (Å²) in [6.07, 6.45) is 0. The fraction of sp³-hybridized carbons (Fsp3) is 0. The Kier molecular flexibility index (Phi) is 3.15. The normalized spacial score (nSPS) is 10.7. The third-order valence-corrected chi connectivity index (χ3v) is 3.07. The lowest BCUT2D eigenvalue weighted by molar-refractivity contribution is 0.0691. The van der Waals surface area contributed by atoms with E-state index in [1.54, 1.807) is 24.3 Å². The number of hydrogen-bond donors (Lipinski definition) is 1. The highest BCUT2D eigenvalue weighted by molar-refractivity contribution is 9.10. The van der Waals surface area contributed by atoms with Crippen LogP contribution in [-0.2, 0) is 0 Å². The summed E-state index contributed by atoms with van der Waals surface area (Å²) in [6, 6.07) is 12.4. The molecule has 0 aliphatic heterocycles. The number of carbonyl (C=O) groups is 1. The smallest absolute Gasteiger partial charge is 0.358 e. The van der Waals surface area contributed by atoms with Gasteiger partial charge in [0.2, 0.25) is 11.7 Å². The SMILES string of the molecule is O=C(O)c1nc(-c2ccccc2)oc1-c1ccc(Br)o1. The van der Waals surface area contributed by atoms with Gasteiger partial charge in [0.05, 0.1) is 0 Å². The molecule has 0 spiro atoms. The van der Waals surface area contributed by atoms with E-state index in [9.17, 15) is 9.90 Å². The van der Waals surface area contributed by atoms with Gasteiger partial charge in [0.25, 0.3) is 0 Å². The molecule has 3 aromatic rings. The van der Waals surface area contributed by atoms with Crippen molar-refractivity contribution in [1.82, 2.24) is 4.98 Å². The van der Waals surface area contributed by atoms with Crippen molar-refractivity contribution in [2.75, 3.05) is 0 Å². The maximum absolute atomic E-state index is 11.3. The molecule has 0 saturated carbocycles. The van der Waals surface area contributed by atoms with Crippen molar-refractivity contribution in [3.63, 3.8) is 0 Å². The third kappa shape index (κ3) is 2.25. The van der Waals surface area contributed by atoms with Crippen LogP contribution in [0.3, 0.4) is 0 Å². The molecule has 1 N–H and O–H groups in total. The van der Waals surface area contributed by atoms with E-state index < -0.39 is 5.97 Å². The molecule has 0 atom stereocenters. The molecule has 6 heteroatoms. The molecule has 100 valence electrons. The highest BCUT2D eigenvalue weighted by Gasteiger charge is 2.23. The molecule has 1 aromatic carbocycles. The maximum atomic E-state index is 11.3. The number of carboxylic acids is 1. The van der Waals surface area contributed by atoms with Gasteiger partial charge in [-0.3, -0.25) is 0 Å². The van der Waals surface area contributed by atoms with Gasteiger partial charge in [0.15, 0.2) is 16.1 Å². The zero-order valence-electron chi connectivity index (χ0n) is 10.0. The second kappa shape index (κ2) is 4.97. The van der Waals surface area contributed by atoms with Crippen LogP contribution in [0, 0.1) is 0 Å². The van der Waals surface area contributed by atoms with E-state index in [0.717, 1.165) is 0 Å². The van der Waals surface area contributed by atoms with Crippen LogP contribution < -0.4 is 0 Å². The highest BCUT2D eigenvalue weighted by Crippen LogP contribution is 2.32. The van der Waals surface area contributed by atoms with Crippen molar-refractivity contribution in [3.05, 3.63) is 52.8 Å². The Morgan fingerprint density at radius 1 is 1.10 bits per heavy atom. The molecule has 0 unspecified atom stereocenters. The second-order valence-corrected chi connectivity index (χ2v) is 4.75. The summed E-state index contributed by atoms with van der Waals surface area (Å²) in [6.45, 7) is 0. The lowest BCUT2D eigenvalue weighted by Gasteiger charge is -1.93. The molecule has 5 nitrogen and oxygen atoms in total. The number of carboxylic acid groups (broad SMARTS) is 1. The van der Waals surface area contributed by atoms with Gasteiger partial charge >= 0.3 is 5.97 Å². The number of nitrogens with zero attached hydrogens (tertiary/aromatic N) is 1. The predicted molar refractivity (Wildman–Crippen MR) is 74.3 cm³/mol. The highest BCUT2D eigenvalue weighted by atomic mass is 79.9. The average Bonchev–Trinajstić information content (AvgIpc) is 3.05. The van der Waals surface area contributed by atoms with Crippen LogP contribution in [0.15, 0.2) is 56.0 Å². The minimum absolute atomic E-state index is 0.0991. The van der Waals surface area contributed by atoms with Gasteiger partial charge < -0.3 is 13.9 Å². The summed E-state index contributed by atoms with van der Waals surface area (Å²) in [7, 11) is 0. The molecule has 0 amide bonds. The lowest BCUT2D eigenvalue weighted by atomic mass is 10.2. The summed E-state index contributed by atoms with van der Waals surface area (Å²) in [5.41, 5.74) is 0.526. The van der Waals surface area contributed by atoms with Crippen LogP contribution in [0.2, 0.25) is 0 Å². The molecule has 3 rings (SSSR count). The molecule has 0 radical (unpaired) electrons. The first-order chi connectivity index (χ1) is 9.65. The quantitative estimate of drug-likeness (QED) is 0.781. The van der Waals surface area contributed by atoms with Crippen LogP contribution in [0.5, 0.6) is 0 Å².